The second kappa shape index (κ2) is 7.29. The van der Waals surface area contributed by atoms with Crippen LogP contribution in [0.1, 0.15) is 45.2 Å². The van der Waals surface area contributed by atoms with Crippen LogP contribution in [0.5, 0.6) is 5.75 Å². The highest BCUT2D eigenvalue weighted by atomic mass is 16.6. The molecule has 2 aliphatic rings. The maximum absolute atomic E-state index is 12.8. The van der Waals surface area contributed by atoms with Gasteiger partial charge in [0.1, 0.15) is 11.4 Å². The Bertz CT molecular complexity index is 741. The van der Waals surface area contributed by atoms with Crippen molar-refractivity contribution in [3.05, 3.63) is 23.3 Å². The average Bonchev–Trinajstić information content (AvgIpc) is 3.02. The zero-order valence-corrected chi connectivity index (χ0v) is 16.9. The molecule has 27 heavy (non-hydrogen) atoms. The molecule has 1 fully saturated rings. The summed E-state index contributed by atoms with van der Waals surface area (Å²) in [6.07, 6.45) is 0.592. The number of hydrogen-bond donors (Lipinski definition) is 0. The van der Waals surface area contributed by atoms with E-state index in [0.717, 1.165) is 29.8 Å². The molecule has 0 N–H and O–H groups in total. The Morgan fingerprint density at radius 2 is 1.81 bits per heavy atom. The number of amides is 3. The molecule has 0 aromatic heterocycles. The fourth-order valence-electron chi connectivity index (χ4n) is 3.54. The van der Waals surface area contributed by atoms with Crippen LogP contribution >= 0.6 is 0 Å². The molecule has 0 spiro atoms. The Kier molecular flexibility index (Phi) is 5.22. The third kappa shape index (κ3) is 3.96. The molecule has 1 aromatic rings. The van der Waals surface area contributed by atoms with Gasteiger partial charge in [0, 0.05) is 32.7 Å². The number of nitrogens with zero attached hydrogens (tertiary/aromatic N) is 3. The first-order valence-corrected chi connectivity index (χ1v) is 9.47. The number of benzene rings is 1. The fourth-order valence-corrected chi connectivity index (χ4v) is 3.54. The van der Waals surface area contributed by atoms with E-state index >= 15 is 0 Å². The van der Waals surface area contributed by atoms with E-state index < -0.39 is 5.60 Å². The molecule has 0 saturated carbocycles. The van der Waals surface area contributed by atoms with Crippen LogP contribution < -0.4 is 9.64 Å². The number of fused-ring (bicyclic) bond motifs is 1. The maximum atomic E-state index is 12.8. The van der Waals surface area contributed by atoms with Crippen LogP contribution in [0.2, 0.25) is 0 Å². The molecule has 3 rings (SSSR count). The lowest BCUT2D eigenvalue weighted by Crippen LogP contribution is -2.49. The maximum Gasteiger partial charge on any atom is 0.410 e. The van der Waals surface area contributed by atoms with E-state index in [9.17, 15) is 9.59 Å². The van der Waals surface area contributed by atoms with Gasteiger partial charge in [0.05, 0.1) is 12.8 Å². The molecule has 148 valence electrons. The van der Waals surface area contributed by atoms with Crippen molar-refractivity contribution in [1.29, 1.82) is 0 Å². The Balaban J connectivity index is 1.85. The minimum Gasteiger partial charge on any atom is -0.495 e. The first-order valence-electron chi connectivity index (χ1n) is 9.47. The molecule has 2 heterocycles. The summed E-state index contributed by atoms with van der Waals surface area (Å²) in [7, 11) is 1.61. The molecule has 0 radical (unpaired) electrons. The Morgan fingerprint density at radius 1 is 1.15 bits per heavy atom. The van der Waals surface area contributed by atoms with Gasteiger partial charge in [-0.15, -0.1) is 0 Å². The molecule has 0 aliphatic carbocycles. The molecule has 1 aromatic carbocycles. The summed E-state index contributed by atoms with van der Waals surface area (Å²) in [5, 5.41) is 0. The molecule has 0 unspecified atom stereocenters. The van der Waals surface area contributed by atoms with E-state index in [-0.39, 0.29) is 12.1 Å². The van der Waals surface area contributed by atoms with E-state index in [1.165, 1.54) is 0 Å². The predicted molar refractivity (Wildman–Crippen MR) is 103 cm³/mol. The van der Waals surface area contributed by atoms with Crippen molar-refractivity contribution in [2.24, 2.45) is 0 Å². The lowest BCUT2D eigenvalue weighted by atomic mass is 10.1. The van der Waals surface area contributed by atoms with Gasteiger partial charge in [-0.1, -0.05) is 0 Å². The van der Waals surface area contributed by atoms with Crippen LogP contribution in [-0.4, -0.2) is 54.3 Å². The van der Waals surface area contributed by atoms with E-state index in [1.54, 1.807) is 16.9 Å². The summed E-state index contributed by atoms with van der Waals surface area (Å²) in [5.74, 6) is 0.658. The zero-order chi connectivity index (χ0) is 19.8. The second-order valence-corrected chi connectivity index (χ2v) is 8.00. The number of anilines is 1. The van der Waals surface area contributed by atoms with Gasteiger partial charge in [0.25, 0.3) is 0 Å². The number of carbonyl (C=O) groups excluding carboxylic acids is 2. The second-order valence-electron chi connectivity index (χ2n) is 8.00. The average molecular weight is 375 g/mol. The highest BCUT2D eigenvalue weighted by Gasteiger charge is 2.32. The van der Waals surface area contributed by atoms with Crippen molar-refractivity contribution in [3.63, 3.8) is 0 Å². The highest BCUT2D eigenvalue weighted by Crippen LogP contribution is 2.37. The number of hydrogen-bond acceptors (Lipinski definition) is 4. The summed E-state index contributed by atoms with van der Waals surface area (Å²) >= 11 is 0. The SMILES string of the molecule is CCN1CCCN(c2cc3c(cc2OC)CN(C(=O)OC(C)(C)C)C3)C1=O. The molecule has 0 atom stereocenters. The van der Waals surface area contributed by atoms with Crippen LogP contribution in [0.25, 0.3) is 0 Å². The molecule has 3 amide bonds. The third-order valence-electron chi connectivity index (χ3n) is 4.86. The molecular formula is C20H29N3O4. The van der Waals surface area contributed by atoms with Gasteiger partial charge in [-0.2, -0.15) is 0 Å². The predicted octanol–water partition coefficient (Wildman–Crippen LogP) is 3.60. The highest BCUT2D eigenvalue weighted by molar-refractivity contribution is 5.94. The van der Waals surface area contributed by atoms with Crippen molar-refractivity contribution < 1.29 is 19.1 Å². The number of urea groups is 1. The van der Waals surface area contributed by atoms with E-state index in [4.69, 9.17) is 9.47 Å². The zero-order valence-electron chi connectivity index (χ0n) is 16.9. The molecule has 7 nitrogen and oxygen atoms in total. The van der Waals surface area contributed by atoms with Gasteiger partial charge in [0.15, 0.2) is 0 Å². The van der Waals surface area contributed by atoms with Crippen LogP contribution in [0.4, 0.5) is 15.3 Å². The largest absolute Gasteiger partial charge is 0.495 e. The number of rotatable bonds is 3. The lowest BCUT2D eigenvalue weighted by Gasteiger charge is -2.35. The van der Waals surface area contributed by atoms with Crippen molar-refractivity contribution in [3.8, 4) is 5.75 Å². The molecule has 2 aliphatic heterocycles. The number of methoxy groups -OCH3 is 1. The van der Waals surface area contributed by atoms with Gasteiger partial charge >= 0.3 is 12.1 Å². The summed E-state index contributed by atoms with van der Waals surface area (Å²) in [4.78, 5) is 30.5. The standard InChI is InChI=1S/C20H29N3O4/c1-6-21-8-7-9-23(18(21)24)16-10-14-12-22(19(25)27-20(2,3)4)13-15(14)11-17(16)26-5/h10-11H,6-9,12-13H2,1-5H3. The summed E-state index contributed by atoms with van der Waals surface area (Å²) in [6, 6.07) is 3.92. The first kappa shape index (κ1) is 19.3. The smallest absolute Gasteiger partial charge is 0.410 e. The van der Waals surface area contributed by atoms with E-state index in [1.807, 2.05) is 44.7 Å². The molecule has 0 bridgehead atoms. The van der Waals surface area contributed by atoms with Crippen LogP contribution in [0.3, 0.4) is 0 Å². The van der Waals surface area contributed by atoms with Crippen molar-refractivity contribution in [2.75, 3.05) is 31.6 Å². The van der Waals surface area contributed by atoms with Crippen molar-refractivity contribution in [2.45, 2.75) is 52.8 Å². The minimum absolute atomic E-state index is 0.00370. The Labute approximate surface area is 160 Å². The third-order valence-corrected chi connectivity index (χ3v) is 4.86. The fraction of sp³-hybridized carbons (Fsp3) is 0.600. The van der Waals surface area contributed by atoms with E-state index in [0.29, 0.717) is 31.9 Å². The molecule has 1 saturated heterocycles. The van der Waals surface area contributed by atoms with Crippen molar-refractivity contribution >= 4 is 17.8 Å². The van der Waals surface area contributed by atoms with Gasteiger partial charge in [0.2, 0.25) is 0 Å². The van der Waals surface area contributed by atoms with Crippen molar-refractivity contribution in [1.82, 2.24) is 9.80 Å². The quantitative estimate of drug-likeness (QED) is 0.810. The van der Waals surface area contributed by atoms with Gasteiger partial charge in [-0.05, 0) is 57.4 Å². The normalized spacial score (nSPS) is 17.2. The van der Waals surface area contributed by atoms with Gasteiger partial charge < -0.3 is 14.4 Å². The number of carbonyl (C=O) groups is 2. The minimum atomic E-state index is -0.529. The van der Waals surface area contributed by atoms with Gasteiger partial charge in [-0.25, -0.2) is 9.59 Å². The monoisotopic (exact) mass is 375 g/mol. The van der Waals surface area contributed by atoms with Crippen LogP contribution in [0, 0.1) is 0 Å². The van der Waals surface area contributed by atoms with Crippen LogP contribution in [-0.2, 0) is 17.8 Å². The summed E-state index contributed by atoms with van der Waals surface area (Å²) in [5.41, 5.74) is 2.29. The Morgan fingerprint density at radius 3 is 2.41 bits per heavy atom. The van der Waals surface area contributed by atoms with Gasteiger partial charge in [-0.3, -0.25) is 9.80 Å². The van der Waals surface area contributed by atoms with E-state index in [2.05, 4.69) is 0 Å². The molecular weight excluding hydrogens is 346 g/mol. The summed E-state index contributed by atoms with van der Waals surface area (Å²) in [6.45, 7) is 10.7. The lowest BCUT2D eigenvalue weighted by molar-refractivity contribution is 0.0241. The topological polar surface area (TPSA) is 62.3 Å². The number of ether oxygens (including phenoxy) is 2. The first-order chi connectivity index (χ1) is 12.7. The van der Waals surface area contributed by atoms with Crippen LogP contribution in [0.15, 0.2) is 12.1 Å². The molecule has 7 heteroatoms. The summed E-state index contributed by atoms with van der Waals surface area (Å²) < 4.78 is 11.1. The Hall–Kier alpha value is -2.44.